The van der Waals surface area contributed by atoms with Crippen LogP contribution in [0.3, 0.4) is 0 Å². The van der Waals surface area contributed by atoms with Crippen LogP contribution in [0.4, 0.5) is 37.8 Å². The minimum atomic E-state index is -4.88. The monoisotopic (exact) mass is 464 g/mol. The fraction of sp³-hybridized carbons (Fsp3) is 0.368. The van der Waals surface area contributed by atoms with Crippen LogP contribution in [0.1, 0.15) is 11.1 Å². The van der Waals surface area contributed by atoms with Gasteiger partial charge in [-0.3, -0.25) is 0 Å². The minimum Gasteiger partial charge on any atom is -0.481 e. The van der Waals surface area contributed by atoms with Crippen molar-refractivity contribution in [2.24, 2.45) is 0 Å². The van der Waals surface area contributed by atoms with Gasteiger partial charge in [-0.15, -0.1) is 0 Å². The zero-order valence-corrected chi connectivity index (χ0v) is 17.0. The maximum atomic E-state index is 13.1. The number of thiocarbonyl (C=S) groups is 1. The lowest BCUT2D eigenvalue weighted by molar-refractivity contribution is -0.143. The molecule has 0 unspecified atom stereocenters. The second kappa shape index (κ2) is 8.77. The molecule has 12 heteroatoms. The summed E-state index contributed by atoms with van der Waals surface area (Å²) >= 11 is 5.35. The molecule has 0 atom stereocenters. The van der Waals surface area contributed by atoms with E-state index in [9.17, 15) is 26.3 Å². The van der Waals surface area contributed by atoms with Gasteiger partial charge in [0.15, 0.2) is 5.11 Å². The number of benzene rings is 1. The van der Waals surface area contributed by atoms with Gasteiger partial charge in [-0.2, -0.15) is 31.3 Å². The van der Waals surface area contributed by atoms with Crippen molar-refractivity contribution in [3.63, 3.8) is 0 Å². The fourth-order valence-corrected chi connectivity index (χ4v) is 3.36. The number of methoxy groups -OCH3 is 1. The number of aromatic nitrogens is 1. The van der Waals surface area contributed by atoms with E-state index >= 15 is 0 Å². The summed E-state index contributed by atoms with van der Waals surface area (Å²) in [4.78, 5) is 7.43. The number of nitrogens with zero attached hydrogens (tertiary/aromatic N) is 3. The Balaban J connectivity index is 1.70. The molecule has 0 amide bonds. The first-order valence-electron chi connectivity index (χ1n) is 9.09. The predicted octanol–water partition coefficient (Wildman–Crippen LogP) is 4.65. The van der Waals surface area contributed by atoms with Gasteiger partial charge < -0.3 is 19.9 Å². The molecule has 0 saturated carbocycles. The van der Waals surface area contributed by atoms with Crippen molar-refractivity contribution in [3.05, 3.63) is 47.5 Å². The highest BCUT2D eigenvalue weighted by Crippen LogP contribution is 2.38. The molecule has 2 aromatic rings. The van der Waals surface area contributed by atoms with E-state index in [1.807, 2.05) is 0 Å². The first-order valence-corrected chi connectivity index (χ1v) is 9.49. The molecule has 1 N–H and O–H groups in total. The van der Waals surface area contributed by atoms with Gasteiger partial charge in [0.1, 0.15) is 5.82 Å². The third kappa shape index (κ3) is 5.69. The van der Waals surface area contributed by atoms with Crippen LogP contribution in [0.15, 0.2) is 36.4 Å². The van der Waals surface area contributed by atoms with Crippen molar-refractivity contribution < 1.29 is 31.1 Å². The molecule has 1 fully saturated rings. The van der Waals surface area contributed by atoms with E-state index in [2.05, 4.69) is 10.3 Å². The number of ether oxygens (including phenoxy) is 1. The number of halogens is 6. The molecule has 0 radical (unpaired) electrons. The van der Waals surface area contributed by atoms with Crippen LogP contribution < -0.4 is 15.0 Å². The van der Waals surface area contributed by atoms with Crippen molar-refractivity contribution in [3.8, 4) is 5.88 Å². The third-order valence-corrected chi connectivity index (χ3v) is 5.03. The number of pyridine rings is 1. The molecule has 0 aliphatic carbocycles. The molecule has 5 nitrogen and oxygen atoms in total. The highest BCUT2D eigenvalue weighted by Gasteiger charge is 2.37. The number of anilines is 2. The molecule has 0 bridgehead atoms. The van der Waals surface area contributed by atoms with E-state index in [1.54, 1.807) is 23.1 Å². The van der Waals surface area contributed by atoms with E-state index < -0.39 is 23.5 Å². The number of nitrogens with one attached hydrogen (secondary N) is 1. The summed E-state index contributed by atoms with van der Waals surface area (Å²) in [6.07, 6.45) is -9.76. The summed E-state index contributed by atoms with van der Waals surface area (Å²) in [5.74, 6) is 0.849. The van der Waals surface area contributed by atoms with E-state index in [1.165, 1.54) is 12.0 Å². The van der Waals surface area contributed by atoms with Crippen LogP contribution in [0, 0.1) is 0 Å². The number of alkyl halides is 6. The summed E-state index contributed by atoms with van der Waals surface area (Å²) < 4.78 is 83.6. The highest BCUT2D eigenvalue weighted by molar-refractivity contribution is 7.80. The Labute approximate surface area is 179 Å². The summed E-state index contributed by atoms with van der Waals surface area (Å²) in [6, 6.07) is 6.67. The molecule has 1 saturated heterocycles. The molecule has 1 aromatic heterocycles. The lowest BCUT2D eigenvalue weighted by Gasteiger charge is -2.37. The Kier molecular flexibility index (Phi) is 6.48. The Hall–Kier alpha value is -2.76. The van der Waals surface area contributed by atoms with Gasteiger partial charge in [-0.1, -0.05) is 6.07 Å². The number of hydrogen-bond donors (Lipinski definition) is 1. The smallest absolute Gasteiger partial charge is 0.416 e. The standard InChI is InChI=1S/C19H18F6N4OS/c1-30-16-4-2-3-15(26-16)27-17(31)29-7-5-28(6-8-29)14-10-12(18(20,21)22)9-13(11-14)19(23,24)25/h2-4,9-11H,5-8H2,1H3,(H,26,27,31). The Morgan fingerprint density at radius 3 is 2.06 bits per heavy atom. The van der Waals surface area contributed by atoms with Gasteiger partial charge in [-0.25, -0.2) is 0 Å². The van der Waals surface area contributed by atoms with Crippen LogP contribution in [0.5, 0.6) is 5.88 Å². The number of hydrogen-bond acceptors (Lipinski definition) is 4. The molecular formula is C19H18F6N4OS. The van der Waals surface area contributed by atoms with Crippen molar-refractivity contribution in [2.75, 3.05) is 43.5 Å². The van der Waals surface area contributed by atoms with E-state index in [-0.39, 0.29) is 24.8 Å². The molecule has 3 rings (SSSR count). The highest BCUT2D eigenvalue weighted by atomic mass is 32.1. The average Bonchev–Trinajstić information content (AvgIpc) is 2.72. The van der Waals surface area contributed by atoms with E-state index in [0.29, 0.717) is 29.9 Å². The zero-order valence-electron chi connectivity index (χ0n) is 16.2. The molecule has 1 aromatic carbocycles. The molecule has 31 heavy (non-hydrogen) atoms. The summed E-state index contributed by atoms with van der Waals surface area (Å²) in [6.45, 7) is 1.03. The lowest BCUT2D eigenvalue weighted by atomic mass is 10.1. The second-order valence-corrected chi connectivity index (χ2v) is 7.12. The van der Waals surface area contributed by atoms with Crippen LogP contribution in [0.2, 0.25) is 0 Å². The first-order chi connectivity index (χ1) is 14.5. The lowest BCUT2D eigenvalue weighted by Crippen LogP contribution is -2.50. The molecule has 1 aliphatic heterocycles. The van der Waals surface area contributed by atoms with Crippen molar-refractivity contribution in [1.82, 2.24) is 9.88 Å². The maximum absolute atomic E-state index is 13.1. The largest absolute Gasteiger partial charge is 0.481 e. The van der Waals surface area contributed by atoms with E-state index in [4.69, 9.17) is 17.0 Å². The van der Waals surface area contributed by atoms with E-state index in [0.717, 1.165) is 12.1 Å². The summed E-state index contributed by atoms with van der Waals surface area (Å²) in [7, 11) is 1.47. The number of rotatable bonds is 3. The van der Waals surface area contributed by atoms with Gasteiger partial charge in [0.25, 0.3) is 0 Å². The summed E-state index contributed by atoms with van der Waals surface area (Å²) in [5.41, 5.74) is -2.79. The molecule has 168 valence electrons. The third-order valence-electron chi connectivity index (χ3n) is 4.67. The van der Waals surface area contributed by atoms with Crippen LogP contribution in [0.25, 0.3) is 0 Å². The second-order valence-electron chi connectivity index (χ2n) is 6.73. The van der Waals surface area contributed by atoms with Gasteiger partial charge in [0.2, 0.25) is 5.88 Å². The summed E-state index contributed by atoms with van der Waals surface area (Å²) in [5, 5.41) is 3.30. The van der Waals surface area contributed by atoms with Crippen LogP contribution >= 0.6 is 12.2 Å². The van der Waals surface area contributed by atoms with Crippen molar-refractivity contribution in [2.45, 2.75) is 12.4 Å². The van der Waals surface area contributed by atoms with Gasteiger partial charge in [0.05, 0.1) is 18.2 Å². The molecule has 0 spiro atoms. The normalized spacial score (nSPS) is 15.1. The van der Waals surface area contributed by atoms with Gasteiger partial charge in [-0.05, 0) is 36.5 Å². The molecule has 2 heterocycles. The molecule has 1 aliphatic rings. The average molecular weight is 464 g/mol. The topological polar surface area (TPSA) is 40.6 Å². The fourth-order valence-electron chi connectivity index (χ4n) is 3.08. The van der Waals surface area contributed by atoms with Gasteiger partial charge in [0, 0.05) is 37.9 Å². The van der Waals surface area contributed by atoms with Gasteiger partial charge >= 0.3 is 12.4 Å². The Morgan fingerprint density at radius 2 is 1.55 bits per heavy atom. The SMILES string of the molecule is COc1cccc(NC(=S)N2CCN(c3cc(C(F)(F)F)cc(C(F)(F)F)c3)CC2)n1. The maximum Gasteiger partial charge on any atom is 0.416 e. The molecular weight excluding hydrogens is 446 g/mol. The zero-order chi connectivity index (χ0) is 22.8. The quantitative estimate of drug-likeness (QED) is 0.527. The van der Waals surface area contributed by atoms with Crippen LogP contribution in [-0.2, 0) is 12.4 Å². The predicted molar refractivity (Wildman–Crippen MR) is 107 cm³/mol. The van der Waals surface area contributed by atoms with Crippen LogP contribution in [-0.4, -0.2) is 48.3 Å². The first kappa shape index (κ1) is 22.9. The Morgan fingerprint density at radius 1 is 0.968 bits per heavy atom. The minimum absolute atomic E-state index is 0.125. The Bertz CT molecular complexity index is 909. The van der Waals surface area contributed by atoms with Crippen molar-refractivity contribution in [1.29, 1.82) is 0 Å². The number of piperazine rings is 1. The van der Waals surface area contributed by atoms with Crippen molar-refractivity contribution >= 4 is 28.8 Å².